The number of amides is 2. The number of halogens is 2. The van der Waals surface area contributed by atoms with Crippen molar-refractivity contribution in [2.75, 3.05) is 26.2 Å². The van der Waals surface area contributed by atoms with Crippen LogP contribution in [0, 0.1) is 5.92 Å². The molecule has 0 radical (unpaired) electrons. The van der Waals surface area contributed by atoms with Gasteiger partial charge in [-0.2, -0.15) is 0 Å². The highest BCUT2D eigenvalue weighted by Gasteiger charge is 2.38. The molecule has 7 heteroatoms. The van der Waals surface area contributed by atoms with Crippen molar-refractivity contribution in [1.82, 2.24) is 9.80 Å². The van der Waals surface area contributed by atoms with Gasteiger partial charge in [-0.3, -0.25) is 9.59 Å². The van der Waals surface area contributed by atoms with E-state index < -0.39 is 6.04 Å². The van der Waals surface area contributed by atoms with Crippen LogP contribution in [0.5, 0.6) is 5.75 Å². The molecule has 2 aromatic carbocycles. The number of hydrogen-bond acceptors (Lipinski definition) is 3. The second-order valence-corrected chi connectivity index (χ2v) is 9.02. The van der Waals surface area contributed by atoms with Crippen LogP contribution >= 0.6 is 23.2 Å². The van der Waals surface area contributed by atoms with Gasteiger partial charge in [0.25, 0.3) is 5.91 Å². The Morgan fingerprint density at radius 2 is 1.71 bits per heavy atom. The SMILES string of the molecule is O=C(C1CCCN1C(=O)c1cc(Cl)ccc1Cl)N1CCC(COc2ccccc2)CC1. The van der Waals surface area contributed by atoms with E-state index in [0.29, 0.717) is 54.2 Å². The maximum Gasteiger partial charge on any atom is 0.256 e. The monoisotopic (exact) mass is 460 g/mol. The largest absolute Gasteiger partial charge is 0.493 e. The normalized spacial score (nSPS) is 19.5. The van der Waals surface area contributed by atoms with Crippen molar-refractivity contribution >= 4 is 35.0 Å². The maximum absolute atomic E-state index is 13.2. The second-order valence-electron chi connectivity index (χ2n) is 8.17. The predicted octanol–water partition coefficient (Wildman–Crippen LogP) is 4.92. The van der Waals surface area contributed by atoms with E-state index in [4.69, 9.17) is 27.9 Å². The zero-order valence-corrected chi connectivity index (χ0v) is 18.8. The van der Waals surface area contributed by atoms with E-state index in [2.05, 4.69) is 0 Å². The van der Waals surface area contributed by atoms with Crippen molar-refractivity contribution in [3.63, 3.8) is 0 Å². The van der Waals surface area contributed by atoms with Gasteiger partial charge >= 0.3 is 0 Å². The fourth-order valence-electron chi connectivity index (χ4n) is 4.34. The molecule has 2 aromatic rings. The lowest BCUT2D eigenvalue weighted by molar-refractivity contribution is -0.136. The Morgan fingerprint density at radius 3 is 2.45 bits per heavy atom. The molecule has 0 bridgehead atoms. The Morgan fingerprint density at radius 1 is 0.968 bits per heavy atom. The lowest BCUT2D eigenvalue weighted by Crippen LogP contribution is -2.50. The number of likely N-dealkylation sites (tertiary alicyclic amines) is 2. The number of rotatable bonds is 5. The topological polar surface area (TPSA) is 49.9 Å². The fourth-order valence-corrected chi connectivity index (χ4v) is 4.71. The Bertz CT molecular complexity index is 930. The molecule has 2 amide bonds. The Balaban J connectivity index is 1.33. The summed E-state index contributed by atoms with van der Waals surface area (Å²) in [5.41, 5.74) is 0.352. The van der Waals surface area contributed by atoms with Gasteiger partial charge in [0.2, 0.25) is 5.91 Å². The van der Waals surface area contributed by atoms with Crippen molar-refractivity contribution < 1.29 is 14.3 Å². The molecule has 0 aliphatic carbocycles. The Kier molecular flexibility index (Phi) is 7.03. The smallest absolute Gasteiger partial charge is 0.256 e. The van der Waals surface area contributed by atoms with E-state index in [9.17, 15) is 9.59 Å². The molecule has 0 spiro atoms. The Hall–Kier alpha value is -2.24. The van der Waals surface area contributed by atoms with E-state index >= 15 is 0 Å². The van der Waals surface area contributed by atoms with Gasteiger partial charge in [0, 0.05) is 24.7 Å². The first kappa shape index (κ1) is 22.0. The van der Waals surface area contributed by atoms with Gasteiger partial charge in [-0.25, -0.2) is 0 Å². The molecule has 0 N–H and O–H groups in total. The summed E-state index contributed by atoms with van der Waals surface area (Å²) in [7, 11) is 0. The van der Waals surface area contributed by atoms with Gasteiger partial charge in [0.05, 0.1) is 17.2 Å². The molecule has 2 aliphatic rings. The molecule has 1 atom stereocenters. The van der Waals surface area contributed by atoms with E-state index in [0.717, 1.165) is 25.0 Å². The number of piperidine rings is 1. The summed E-state index contributed by atoms with van der Waals surface area (Å²) in [6, 6.07) is 14.2. The molecule has 2 aliphatic heterocycles. The van der Waals surface area contributed by atoms with Crippen LogP contribution in [0.4, 0.5) is 0 Å². The van der Waals surface area contributed by atoms with Crippen LogP contribution in [0.15, 0.2) is 48.5 Å². The summed E-state index contributed by atoms with van der Waals surface area (Å²) in [6.07, 6.45) is 3.29. The molecular weight excluding hydrogens is 435 g/mol. The molecule has 0 aromatic heterocycles. The first-order valence-electron chi connectivity index (χ1n) is 10.8. The van der Waals surface area contributed by atoms with Crippen molar-refractivity contribution in [2.45, 2.75) is 31.7 Å². The van der Waals surface area contributed by atoms with E-state index in [1.165, 1.54) is 0 Å². The number of hydrogen-bond donors (Lipinski definition) is 0. The van der Waals surface area contributed by atoms with Gasteiger partial charge < -0.3 is 14.5 Å². The first-order valence-corrected chi connectivity index (χ1v) is 11.5. The van der Waals surface area contributed by atoms with Gasteiger partial charge in [-0.15, -0.1) is 0 Å². The zero-order chi connectivity index (χ0) is 21.8. The summed E-state index contributed by atoms with van der Waals surface area (Å²) in [4.78, 5) is 29.9. The predicted molar refractivity (Wildman–Crippen MR) is 122 cm³/mol. The van der Waals surface area contributed by atoms with Crippen molar-refractivity contribution in [1.29, 1.82) is 0 Å². The number of nitrogens with zero attached hydrogens (tertiary/aromatic N) is 2. The molecule has 0 saturated carbocycles. The quantitative estimate of drug-likeness (QED) is 0.636. The van der Waals surface area contributed by atoms with E-state index in [1.54, 1.807) is 23.1 Å². The van der Waals surface area contributed by atoms with Crippen LogP contribution < -0.4 is 4.74 Å². The number of carbonyl (C=O) groups is 2. The van der Waals surface area contributed by atoms with Gasteiger partial charge in [-0.1, -0.05) is 41.4 Å². The van der Waals surface area contributed by atoms with E-state index in [1.807, 2.05) is 35.2 Å². The van der Waals surface area contributed by atoms with Crippen LogP contribution in [0.25, 0.3) is 0 Å². The van der Waals surface area contributed by atoms with Crippen LogP contribution in [0.2, 0.25) is 10.0 Å². The summed E-state index contributed by atoms with van der Waals surface area (Å²) < 4.78 is 5.88. The fraction of sp³-hybridized carbons (Fsp3) is 0.417. The van der Waals surface area contributed by atoms with E-state index in [-0.39, 0.29) is 11.8 Å². The van der Waals surface area contributed by atoms with Crippen molar-refractivity contribution in [3.8, 4) is 5.75 Å². The minimum absolute atomic E-state index is 0.0337. The molecule has 164 valence electrons. The highest BCUT2D eigenvalue weighted by molar-refractivity contribution is 6.35. The molecule has 2 saturated heterocycles. The minimum atomic E-state index is -0.431. The number of carbonyl (C=O) groups excluding carboxylic acids is 2. The van der Waals surface area contributed by atoms with Crippen molar-refractivity contribution in [2.24, 2.45) is 5.92 Å². The highest BCUT2D eigenvalue weighted by atomic mass is 35.5. The lowest BCUT2D eigenvalue weighted by atomic mass is 9.97. The summed E-state index contributed by atoms with van der Waals surface area (Å²) in [6.45, 7) is 2.60. The van der Waals surface area contributed by atoms with Gasteiger partial charge in [0.1, 0.15) is 11.8 Å². The van der Waals surface area contributed by atoms with Crippen LogP contribution in [0.3, 0.4) is 0 Å². The molecule has 5 nitrogen and oxygen atoms in total. The van der Waals surface area contributed by atoms with Crippen molar-refractivity contribution in [3.05, 3.63) is 64.1 Å². The van der Waals surface area contributed by atoms with Crippen LogP contribution in [-0.2, 0) is 4.79 Å². The van der Waals surface area contributed by atoms with Crippen LogP contribution in [-0.4, -0.2) is 53.9 Å². The van der Waals surface area contributed by atoms with Crippen LogP contribution in [0.1, 0.15) is 36.0 Å². The number of ether oxygens (including phenoxy) is 1. The average molecular weight is 461 g/mol. The highest BCUT2D eigenvalue weighted by Crippen LogP contribution is 2.28. The summed E-state index contributed by atoms with van der Waals surface area (Å²) in [5.74, 6) is 1.11. The molecule has 2 heterocycles. The zero-order valence-electron chi connectivity index (χ0n) is 17.3. The molecule has 2 fully saturated rings. The number of para-hydroxylation sites is 1. The maximum atomic E-state index is 13.2. The van der Waals surface area contributed by atoms with Gasteiger partial charge in [0.15, 0.2) is 0 Å². The second kappa shape index (κ2) is 9.92. The summed E-state index contributed by atoms with van der Waals surface area (Å²) >= 11 is 12.3. The minimum Gasteiger partial charge on any atom is -0.493 e. The average Bonchev–Trinajstić information content (AvgIpc) is 3.29. The third-order valence-electron chi connectivity index (χ3n) is 6.11. The third kappa shape index (κ3) is 5.16. The molecule has 1 unspecified atom stereocenters. The summed E-state index contributed by atoms with van der Waals surface area (Å²) in [5, 5.41) is 0.807. The molecular formula is C24H26Cl2N2O3. The Labute approximate surface area is 192 Å². The number of benzene rings is 2. The standard InChI is InChI=1S/C24H26Cl2N2O3/c25-18-8-9-21(26)20(15-18)23(29)28-12-4-7-22(28)24(30)27-13-10-17(11-14-27)16-31-19-5-2-1-3-6-19/h1-3,5-6,8-9,15,17,22H,4,7,10-14,16H2. The lowest BCUT2D eigenvalue weighted by Gasteiger charge is -2.35. The molecule has 31 heavy (non-hydrogen) atoms. The van der Waals surface area contributed by atoms with Gasteiger partial charge in [-0.05, 0) is 61.9 Å². The first-order chi connectivity index (χ1) is 15.0. The third-order valence-corrected chi connectivity index (χ3v) is 6.68. The molecule has 4 rings (SSSR count).